The van der Waals surface area contributed by atoms with E-state index in [1.54, 1.807) is 23.9 Å². The summed E-state index contributed by atoms with van der Waals surface area (Å²) in [6, 6.07) is 16.3. The normalized spacial score (nSPS) is 13.4. The molecule has 0 heterocycles. The molecule has 1 amide bonds. The molecule has 1 N–H and O–H groups in total. The van der Waals surface area contributed by atoms with Gasteiger partial charge in [-0.05, 0) is 37.1 Å². The van der Waals surface area contributed by atoms with Crippen molar-refractivity contribution < 1.29 is 9.18 Å². The Kier molecular flexibility index (Phi) is 6.01. The average Bonchev–Trinajstić information content (AvgIpc) is 2.54. The fourth-order valence-electron chi connectivity index (χ4n) is 2.11. The summed E-state index contributed by atoms with van der Waals surface area (Å²) in [5, 5.41) is 3.01. The molecule has 0 aliphatic carbocycles. The number of hydrogen-bond acceptors (Lipinski definition) is 2. The van der Waals surface area contributed by atoms with Gasteiger partial charge in [0, 0.05) is 11.8 Å². The van der Waals surface area contributed by atoms with E-state index in [2.05, 4.69) is 24.4 Å². The molecule has 0 spiro atoms. The summed E-state index contributed by atoms with van der Waals surface area (Å²) in [6.07, 6.45) is 0. The first-order valence-corrected chi connectivity index (χ1v) is 8.23. The minimum absolute atomic E-state index is 0.00268. The lowest BCUT2D eigenvalue weighted by molar-refractivity contribution is -0.120. The maximum atomic E-state index is 12.8. The van der Waals surface area contributed by atoms with E-state index in [1.165, 1.54) is 17.7 Å². The van der Waals surface area contributed by atoms with Crippen molar-refractivity contribution in [3.63, 3.8) is 0 Å². The van der Waals surface area contributed by atoms with Crippen LogP contribution in [0.3, 0.4) is 0 Å². The Morgan fingerprint density at radius 3 is 2.36 bits per heavy atom. The van der Waals surface area contributed by atoms with Crippen LogP contribution in [-0.4, -0.2) is 11.2 Å². The smallest absolute Gasteiger partial charge is 0.233 e. The molecule has 0 aliphatic heterocycles. The summed E-state index contributed by atoms with van der Waals surface area (Å²) in [7, 11) is 0. The minimum atomic E-state index is -0.268. The third-order valence-corrected chi connectivity index (χ3v) is 4.73. The molecule has 0 aromatic heterocycles. The van der Waals surface area contributed by atoms with E-state index in [0.29, 0.717) is 6.54 Å². The second-order valence-electron chi connectivity index (χ2n) is 5.18. The molecule has 2 atom stereocenters. The maximum absolute atomic E-state index is 12.8. The van der Waals surface area contributed by atoms with Crippen LogP contribution < -0.4 is 5.32 Å². The summed E-state index contributed by atoms with van der Waals surface area (Å²) in [5.74, 6) is -0.271. The third kappa shape index (κ3) is 4.88. The van der Waals surface area contributed by atoms with Gasteiger partial charge < -0.3 is 5.32 Å². The SMILES string of the molecule is CC(SC(C)c1ccccc1)C(=O)NCc1ccc(F)cc1. The zero-order chi connectivity index (χ0) is 15.9. The lowest BCUT2D eigenvalue weighted by Gasteiger charge is -2.17. The Hall–Kier alpha value is -1.81. The molecule has 0 bridgehead atoms. The van der Waals surface area contributed by atoms with Gasteiger partial charge in [-0.3, -0.25) is 4.79 Å². The average molecular weight is 317 g/mol. The van der Waals surface area contributed by atoms with Crippen LogP contribution >= 0.6 is 11.8 Å². The van der Waals surface area contributed by atoms with Crippen molar-refractivity contribution in [3.05, 3.63) is 71.5 Å². The van der Waals surface area contributed by atoms with Gasteiger partial charge >= 0.3 is 0 Å². The monoisotopic (exact) mass is 317 g/mol. The summed E-state index contributed by atoms with van der Waals surface area (Å²) < 4.78 is 12.8. The number of benzene rings is 2. The van der Waals surface area contributed by atoms with Crippen LogP contribution in [-0.2, 0) is 11.3 Å². The van der Waals surface area contributed by atoms with Crippen molar-refractivity contribution in [2.24, 2.45) is 0 Å². The highest BCUT2D eigenvalue weighted by atomic mass is 32.2. The summed E-state index contributed by atoms with van der Waals surface area (Å²) in [4.78, 5) is 12.1. The number of carbonyl (C=O) groups excluding carboxylic acids is 1. The van der Waals surface area contributed by atoms with E-state index < -0.39 is 0 Å². The summed E-state index contributed by atoms with van der Waals surface area (Å²) in [5.41, 5.74) is 2.11. The van der Waals surface area contributed by atoms with Crippen LogP contribution in [0.15, 0.2) is 54.6 Å². The van der Waals surface area contributed by atoms with E-state index in [4.69, 9.17) is 0 Å². The number of halogens is 1. The third-order valence-electron chi connectivity index (χ3n) is 3.43. The van der Waals surface area contributed by atoms with Gasteiger partial charge in [0.15, 0.2) is 0 Å². The lowest BCUT2D eigenvalue weighted by Crippen LogP contribution is -2.30. The van der Waals surface area contributed by atoms with E-state index >= 15 is 0 Å². The van der Waals surface area contributed by atoms with Gasteiger partial charge in [-0.2, -0.15) is 0 Å². The first-order valence-electron chi connectivity index (χ1n) is 7.29. The fraction of sp³-hybridized carbons (Fsp3) is 0.278. The van der Waals surface area contributed by atoms with Crippen molar-refractivity contribution in [1.82, 2.24) is 5.32 Å². The number of carbonyl (C=O) groups is 1. The van der Waals surface area contributed by atoms with Gasteiger partial charge in [0.2, 0.25) is 5.91 Å². The first-order chi connectivity index (χ1) is 10.6. The number of hydrogen-bond donors (Lipinski definition) is 1. The Morgan fingerprint density at radius 2 is 1.73 bits per heavy atom. The predicted octanol–water partition coefficient (Wildman–Crippen LogP) is 4.32. The van der Waals surface area contributed by atoms with E-state index in [0.717, 1.165) is 5.56 Å². The Morgan fingerprint density at radius 1 is 1.09 bits per heavy atom. The lowest BCUT2D eigenvalue weighted by atomic mass is 10.2. The minimum Gasteiger partial charge on any atom is -0.351 e. The Bertz CT molecular complexity index is 600. The molecule has 22 heavy (non-hydrogen) atoms. The maximum Gasteiger partial charge on any atom is 0.233 e. The van der Waals surface area contributed by atoms with Crippen LogP contribution in [0.5, 0.6) is 0 Å². The van der Waals surface area contributed by atoms with E-state index in [-0.39, 0.29) is 22.2 Å². The molecule has 2 aromatic rings. The summed E-state index contributed by atoms with van der Waals surface area (Å²) >= 11 is 1.63. The van der Waals surface area contributed by atoms with Crippen molar-refractivity contribution in [2.75, 3.05) is 0 Å². The molecule has 4 heteroatoms. The van der Waals surface area contributed by atoms with Crippen molar-refractivity contribution >= 4 is 17.7 Å². The first kappa shape index (κ1) is 16.6. The van der Waals surface area contributed by atoms with Gasteiger partial charge in [-0.15, -0.1) is 11.8 Å². The zero-order valence-corrected chi connectivity index (χ0v) is 13.6. The highest BCUT2D eigenvalue weighted by Gasteiger charge is 2.17. The topological polar surface area (TPSA) is 29.1 Å². The highest BCUT2D eigenvalue weighted by Crippen LogP contribution is 2.31. The molecule has 2 nitrogen and oxygen atoms in total. The van der Waals surface area contributed by atoms with Gasteiger partial charge in [0.25, 0.3) is 0 Å². The molecule has 0 aliphatic rings. The van der Waals surface area contributed by atoms with Gasteiger partial charge in [0.1, 0.15) is 5.82 Å². The predicted molar refractivity (Wildman–Crippen MR) is 90.2 cm³/mol. The summed E-state index contributed by atoms with van der Waals surface area (Å²) in [6.45, 7) is 4.43. The van der Waals surface area contributed by atoms with Crippen molar-refractivity contribution in [1.29, 1.82) is 0 Å². The molecule has 0 saturated carbocycles. The molecule has 116 valence electrons. The molecule has 0 saturated heterocycles. The number of amides is 1. The van der Waals surface area contributed by atoms with E-state index in [1.807, 2.05) is 25.1 Å². The number of nitrogens with one attached hydrogen (secondary N) is 1. The van der Waals surface area contributed by atoms with Crippen LogP contribution in [0.25, 0.3) is 0 Å². The zero-order valence-electron chi connectivity index (χ0n) is 12.8. The van der Waals surface area contributed by atoms with Crippen molar-refractivity contribution in [3.8, 4) is 0 Å². The highest BCUT2D eigenvalue weighted by molar-refractivity contribution is 8.00. The van der Waals surface area contributed by atoms with Gasteiger partial charge in [0.05, 0.1) is 5.25 Å². The molecule has 2 aromatic carbocycles. The fourth-order valence-corrected chi connectivity index (χ4v) is 3.24. The Balaban J connectivity index is 1.83. The standard InChI is InChI=1S/C18H20FNOS/c1-13(16-6-4-3-5-7-16)22-14(2)18(21)20-12-15-8-10-17(19)11-9-15/h3-11,13-14H,12H2,1-2H3,(H,20,21). The van der Waals surface area contributed by atoms with Gasteiger partial charge in [-0.25, -0.2) is 4.39 Å². The van der Waals surface area contributed by atoms with Crippen molar-refractivity contribution in [2.45, 2.75) is 30.9 Å². The van der Waals surface area contributed by atoms with Crippen LogP contribution in [0.2, 0.25) is 0 Å². The van der Waals surface area contributed by atoms with Crippen LogP contribution in [0.4, 0.5) is 4.39 Å². The van der Waals surface area contributed by atoms with Crippen LogP contribution in [0.1, 0.15) is 30.2 Å². The molecular weight excluding hydrogens is 297 g/mol. The molecular formula is C18H20FNOS. The molecule has 0 fully saturated rings. The molecule has 0 radical (unpaired) electrons. The largest absolute Gasteiger partial charge is 0.351 e. The second-order valence-corrected chi connectivity index (χ2v) is 6.86. The molecule has 2 rings (SSSR count). The van der Waals surface area contributed by atoms with E-state index in [9.17, 15) is 9.18 Å². The van der Waals surface area contributed by atoms with Crippen LogP contribution in [0, 0.1) is 5.82 Å². The second kappa shape index (κ2) is 7.99. The quantitative estimate of drug-likeness (QED) is 0.859. The van der Waals surface area contributed by atoms with Gasteiger partial charge in [-0.1, -0.05) is 42.5 Å². The number of rotatable bonds is 6. The number of thioether (sulfide) groups is 1. The molecule has 2 unspecified atom stereocenters. The Labute approximate surface area is 135 Å².